The van der Waals surface area contributed by atoms with Crippen LogP contribution in [0.5, 0.6) is 11.5 Å². The summed E-state index contributed by atoms with van der Waals surface area (Å²) in [5, 5.41) is 0.880. The van der Waals surface area contributed by atoms with Crippen molar-refractivity contribution in [3.63, 3.8) is 0 Å². The second-order valence-corrected chi connectivity index (χ2v) is 9.88. The molecule has 0 radical (unpaired) electrons. The molecule has 0 spiro atoms. The summed E-state index contributed by atoms with van der Waals surface area (Å²) in [5.41, 5.74) is 0.772. The molecule has 1 fully saturated rings. The molecule has 0 amide bonds. The fourth-order valence-electron chi connectivity index (χ4n) is 4.09. The van der Waals surface area contributed by atoms with E-state index >= 15 is 0 Å². The van der Waals surface area contributed by atoms with E-state index in [2.05, 4.69) is 24.8 Å². The van der Waals surface area contributed by atoms with Crippen LogP contribution in [0.1, 0.15) is 0 Å². The minimum absolute atomic E-state index is 0.0721. The van der Waals surface area contributed by atoms with E-state index in [9.17, 15) is 8.42 Å². The number of fused-ring (bicyclic) bond motifs is 1. The molecule has 10 nitrogen and oxygen atoms in total. The summed E-state index contributed by atoms with van der Waals surface area (Å²) in [7, 11) is -0.455. The lowest BCUT2D eigenvalue weighted by atomic mass is 10.2. The van der Waals surface area contributed by atoms with Crippen LogP contribution in [0, 0.1) is 0 Å². The SMILES string of the molecule is COc1cc2ncnc(N3CCN(c4ncc(S(=O)(=O)c5ccccc5)cn4)CC3)c2cc1OC. The summed E-state index contributed by atoms with van der Waals surface area (Å²) < 4.78 is 36.4. The van der Waals surface area contributed by atoms with Gasteiger partial charge in [0.25, 0.3) is 0 Å². The molecule has 4 aromatic rings. The van der Waals surface area contributed by atoms with E-state index in [4.69, 9.17) is 9.47 Å². The second-order valence-electron chi connectivity index (χ2n) is 7.93. The summed E-state index contributed by atoms with van der Waals surface area (Å²) in [6.45, 7) is 2.69. The van der Waals surface area contributed by atoms with Crippen molar-refractivity contribution >= 4 is 32.5 Å². The second kappa shape index (κ2) is 9.34. The summed E-state index contributed by atoms with van der Waals surface area (Å²) in [5.74, 6) is 2.55. The van der Waals surface area contributed by atoms with Crippen molar-refractivity contribution in [1.82, 2.24) is 19.9 Å². The Morgan fingerprint density at radius 2 is 1.40 bits per heavy atom. The molecular weight excluding hydrogens is 468 g/mol. The number of benzene rings is 2. The number of hydrogen-bond donors (Lipinski definition) is 0. The van der Waals surface area contributed by atoms with Gasteiger partial charge in [0.15, 0.2) is 11.5 Å². The Hall–Kier alpha value is -3.99. The first-order valence-electron chi connectivity index (χ1n) is 11.0. The number of hydrogen-bond acceptors (Lipinski definition) is 10. The zero-order valence-corrected chi connectivity index (χ0v) is 20.1. The predicted octanol–water partition coefficient (Wildman–Crippen LogP) is 2.60. The molecule has 1 aliphatic heterocycles. The Bertz CT molecular complexity index is 1440. The Morgan fingerprint density at radius 1 is 0.771 bits per heavy atom. The minimum atomic E-state index is -3.65. The average Bonchev–Trinajstić information content (AvgIpc) is 2.92. The highest BCUT2D eigenvalue weighted by Gasteiger charge is 2.24. The number of piperazine rings is 1. The van der Waals surface area contributed by atoms with Crippen molar-refractivity contribution in [3.8, 4) is 11.5 Å². The Morgan fingerprint density at radius 3 is 2.06 bits per heavy atom. The summed E-state index contributed by atoms with van der Waals surface area (Å²) >= 11 is 0. The zero-order valence-electron chi connectivity index (χ0n) is 19.3. The van der Waals surface area contributed by atoms with E-state index in [1.165, 1.54) is 12.4 Å². The quantitative estimate of drug-likeness (QED) is 0.398. The van der Waals surface area contributed by atoms with Crippen LogP contribution < -0.4 is 19.3 Å². The van der Waals surface area contributed by atoms with Gasteiger partial charge in [0.2, 0.25) is 15.8 Å². The average molecular weight is 493 g/mol. The summed E-state index contributed by atoms with van der Waals surface area (Å²) in [6.07, 6.45) is 4.29. The Balaban J connectivity index is 1.33. The molecule has 35 heavy (non-hydrogen) atoms. The third-order valence-corrected chi connectivity index (χ3v) is 7.68. The molecule has 2 aromatic carbocycles. The zero-order chi connectivity index (χ0) is 24.4. The maximum atomic E-state index is 12.8. The van der Waals surface area contributed by atoms with E-state index in [1.54, 1.807) is 50.9 Å². The lowest BCUT2D eigenvalue weighted by molar-refractivity contribution is 0.356. The van der Waals surface area contributed by atoms with Crippen LogP contribution in [-0.2, 0) is 9.84 Å². The molecule has 0 atom stereocenters. The molecular formula is C24H24N6O4S. The van der Waals surface area contributed by atoms with Gasteiger partial charge in [0, 0.05) is 37.6 Å². The van der Waals surface area contributed by atoms with E-state index in [-0.39, 0.29) is 9.79 Å². The lowest BCUT2D eigenvalue weighted by Crippen LogP contribution is -2.47. The number of sulfone groups is 1. The summed E-state index contributed by atoms with van der Waals surface area (Å²) in [4.78, 5) is 22.1. The standard InChI is InChI=1S/C24H24N6O4S/c1-33-21-12-19-20(13-22(21)34-2)27-16-28-23(19)29-8-10-30(11-9-29)24-25-14-18(15-26-24)35(31,32)17-6-4-3-5-7-17/h3-7,12-16H,8-11H2,1-2H3. The number of nitrogens with zero attached hydrogens (tertiary/aromatic N) is 6. The van der Waals surface area contributed by atoms with Crippen LogP contribution in [0.15, 0.2) is 71.0 Å². The first kappa shape index (κ1) is 22.8. The number of anilines is 2. The normalized spacial score (nSPS) is 14.2. The number of aromatic nitrogens is 4. The highest BCUT2D eigenvalue weighted by atomic mass is 32.2. The number of methoxy groups -OCH3 is 2. The van der Waals surface area contributed by atoms with Gasteiger partial charge in [-0.15, -0.1) is 0 Å². The Kier molecular flexibility index (Phi) is 6.08. The van der Waals surface area contributed by atoms with Crippen molar-refractivity contribution in [2.45, 2.75) is 9.79 Å². The van der Waals surface area contributed by atoms with Gasteiger partial charge in [0.1, 0.15) is 17.0 Å². The van der Waals surface area contributed by atoms with Gasteiger partial charge in [-0.2, -0.15) is 0 Å². The van der Waals surface area contributed by atoms with Gasteiger partial charge in [-0.1, -0.05) is 18.2 Å². The molecule has 1 aliphatic rings. The van der Waals surface area contributed by atoms with Crippen molar-refractivity contribution < 1.29 is 17.9 Å². The van der Waals surface area contributed by atoms with Crippen molar-refractivity contribution in [1.29, 1.82) is 0 Å². The van der Waals surface area contributed by atoms with Crippen molar-refractivity contribution in [2.75, 3.05) is 50.2 Å². The van der Waals surface area contributed by atoms with Gasteiger partial charge in [-0.05, 0) is 18.2 Å². The predicted molar refractivity (Wildman–Crippen MR) is 131 cm³/mol. The maximum Gasteiger partial charge on any atom is 0.225 e. The fourth-order valence-corrected chi connectivity index (χ4v) is 5.26. The van der Waals surface area contributed by atoms with E-state index < -0.39 is 9.84 Å². The van der Waals surface area contributed by atoms with Crippen LogP contribution in [0.3, 0.4) is 0 Å². The van der Waals surface area contributed by atoms with Crippen molar-refractivity contribution in [3.05, 3.63) is 61.2 Å². The molecule has 0 bridgehead atoms. The summed E-state index contributed by atoms with van der Waals surface area (Å²) in [6, 6.07) is 12.0. The minimum Gasteiger partial charge on any atom is -0.493 e. The van der Waals surface area contributed by atoms with Gasteiger partial charge >= 0.3 is 0 Å². The van der Waals surface area contributed by atoms with Crippen molar-refractivity contribution in [2.24, 2.45) is 0 Å². The number of rotatable bonds is 6. The molecule has 5 rings (SSSR count). The molecule has 0 aliphatic carbocycles. The molecule has 0 N–H and O–H groups in total. The monoisotopic (exact) mass is 492 g/mol. The largest absolute Gasteiger partial charge is 0.493 e. The molecule has 11 heteroatoms. The first-order chi connectivity index (χ1) is 17.0. The van der Waals surface area contributed by atoms with Crippen LogP contribution in [0.4, 0.5) is 11.8 Å². The van der Waals surface area contributed by atoms with Gasteiger partial charge in [-0.25, -0.2) is 28.4 Å². The van der Waals surface area contributed by atoms with Crippen LogP contribution in [-0.4, -0.2) is 68.8 Å². The highest BCUT2D eigenvalue weighted by Crippen LogP contribution is 2.35. The highest BCUT2D eigenvalue weighted by molar-refractivity contribution is 7.91. The topological polar surface area (TPSA) is 111 Å². The molecule has 0 saturated carbocycles. The van der Waals surface area contributed by atoms with Gasteiger partial charge in [-0.3, -0.25) is 0 Å². The van der Waals surface area contributed by atoms with Gasteiger partial charge in [0.05, 0.1) is 37.0 Å². The molecule has 2 aromatic heterocycles. The third-order valence-electron chi connectivity index (χ3n) is 5.96. The number of ether oxygens (including phenoxy) is 2. The third kappa shape index (κ3) is 4.30. The molecule has 1 saturated heterocycles. The van der Waals surface area contributed by atoms with Crippen LogP contribution >= 0.6 is 0 Å². The lowest BCUT2D eigenvalue weighted by Gasteiger charge is -2.35. The maximum absolute atomic E-state index is 12.8. The van der Waals surface area contributed by atoms with Crippen LogP contribution in [0.2, 0.25) is 0 Å². The van der Waals surface area contributed by atoms with E-state index in [0.29, 0.717) is 43.6 Å². The Labute approximate surface area is 203 Å². The van der Waals surface area contributed by atoms with E-state index in [1.807, 2.05) is 17.0 Å². The molecule has 0 unspecified atom stereocenters. The smallest absolute Gasteiger partial charge is 0.225 e. The molecule has 180 valence electrons. The van der Waals surface area contributed by atoms with Crippen LogP contribution in [0.25, 0.3) is 10.9 Å². The fraction of sp³-hybridized carbons (Fsp3) is 0.250. The van der Waals surface area contributed by atoms with E-state index in [0.717, 1.165) is 16.7 Å². The first-order valence-corrected chi connectivity index (χ1v) is 12.5. The van der Waals surface area contributed by atoms with Gasteiger partial charge < -0.3 is 19.3 Å². The molecule has 3 heterocycles.